The summed E-state index contributed by atoms with van der Waals surface area (Å²) in [6, 6.07) is 12.9. The van der Waals surface area contributed by atoms with Crippen LogP contribution in [-0.4, -0.2) is 35.0 Å². The number of benzene rings is 1. The van der Waals surface area contributed by atoms with Crippen LogP contribution in [0.25, 0.3) is 0 Å². The highest BCUT2D eigenvalue weighted by atomic mass is 35.5. The van der Waals surface area contributed by atoms with Crippen molar-refractivity contribution in [2.75, 3.05) is 5.32 Å². The van der Waals surface area contributed by atoms with E-state index in [1.165, 1.54) is 23.5 Å². The summed E-state index contributed by atoms with van der Waals surface area (Å²) in [4.78, 5) is 26.0. The maximum Gasteiger partial charge on any atom is 0.231 e. The fourth-order valence-corrected chi connectivity index (χ4v) is 4.16. The number of thiocarbonyl (C=S) groups is 1. The van der Waals surface area contributed by atoms with E-state index in [2.05, 4.69) is 40.5 Å². The number of anilines is 1. The minimum atomic E-state index is 0.345. The summed E-state index contributed by atoms with van der Waals surface area (Å²) in [5.74, 6) is 0.345. The van der Waals surface area contributed by atoms with E-state index in [0.717, 1.165) is 5.56 Å². The lowest BCUT2D eigenvalue weighted by atomic mass is 10.2. The molecule has 0 unspecified atom stereocenters. The summed E-state index contributed by atoms with van der Waals surface area (Å²) in [7, 11) is 0. The lowest BCUT2D eigenvalue weighted by molar-refractivity contribution is 0.910. The van der Waals surface area contributed by atoms with E-state index in [4.69, 9.17) is 23.8 Å². The van der Waals surface area contributed by atoms with Crippen molar-refractivity contribution in [3.8, 4) is 0 Å². The molecule has 0 radical (unpaired) electrons. The Kier molecular flexibility index (Phi) is 7.77. The Morgan fingerprint density at radius 2 is 1.38 bits per heavy atom. The molecule has 3 aromatic heterocycles. The zero-order valence-electron chi connectivity index (χ0n) is 16.3. The largest absolute Gasteiger partial charge is 0.358 e. The second kappa shape index (κ2) is 11.1. The number of hydrogen-bond donors (Lipinski definition) is 2. The summed E-state index contributed by atoms with van der Waals surface area (Å²) in [6.45, 7) is 0.536. The van der Waals surface area contributed by atoms with Crippen LogP contribution >= 0.6 is 47.3 Å². The van der Waals surface area contributed by atoms with Gasteiger partial charge in [-0.2, -0.15) is 0 Å². The first kappa shape index (κ1) is 22.3. The van der Waals surface area contributed by atoms with Crippen LogP contribution in [0.2, 0.25) is 5.02 Å². The van der Waals surface area contributed by atoms with Gasteiger partial charge in [-0.05, 0) is 65.6 Å². The van der Waals surface area contributed by atoms with Gasteiger partial charge < -0.3 is 10.6 Å². The predicted octanol–water partition coefficient (Wildman–Crippen LogP) is 4.50. The molecule has 0 bridgehead atoms. The summed E-state index contributed by atoms with van der Waals surface area (Å²) < 4.78 is 0. The van der Waals surface area contributed by atoms with Crippen molar-refractivity contribution in [2.45, 2.75) is 26.9 Å². The van der Waals surface area contributed by atoms with Gasteiger partial charge in [0.2, 0.25) is 5.95 Å². The molecule has 12 heteroatoms. The molecule has 0 fully saturated rings. The summed E-state index contributed by atoms with van der Waals surface area (Å²) in [6.07, 6.45) is 6.72. The van der Waals surface area contributed by atoms with Crippen molar-refractivity contribution in [3.05, 3.63) is 77.8 Å². The fourth-order valence-electron chi connectivity index (χ4n) is 2.36. The monoisotopic (exact) mass is 498 g/mol. The van der Waals surface area contributed by atoms with Gasteiger partial charge in [0.25, 0.3) is 0 Å². The summed E-state index contributed by atoms with van der Waals surface area (Å²) in [5, 5.41) is 9.73. The molecule has 0 spiro atoms. The number of aromatic nitrogens is 6. The summed E-state index contributed by atoms with van der Waals surface area (Å²) in [5.41, 5.74) is 1.04. The highest BCUT2D eigenvalue weighted by molar-refractivity contribution is 7.99. The number of halogens is 1. The minimum absolute atomic E-state index is 0.345. The van der Waals surface area contributed by atoms with Crippen LogP contribution < -0.4 is 10.6 Å². The zero-order valence-corrected chi connectivity index (χ0v) is 19.5. The number of nitrogens with zero attached hydrogens (tertiary/aromatic N) is 6. The van der Waals surface area contributed by atoms with Gasteiger partial charge in [-0.1, -0.05) is 23.7 Å². The molecule has 0 aliphatic heterocycles. The molecule has 8 nitrogen and oxygen atoms in total. The Morgan fingerprint density at radius 3 is 1.91 bits per heavy atom. The van der Waals surface area contributed by atoms with E-state index in [9.17, 15) is 0 Å². The average molecular weight is 499 g/mol. The van der Waals surface area contributed by atoms with Crippen LogP contribution in [0, 0.1) is 0 Å². The topological polar surface area (TPSA) is 101 Å². The second-order valence-corrected chi connectivity index (χ2v) is 8.89. The van der Waals surface area contributed by atoms with Gasteiger partial charge in [-0.15, -0.1) is 0 Å². The van der Waals surface area contributed by atoms with Crippen molar-refractivity contribution in [3.63, 3.8) is 0 Å². The molecule has 160 valence electrons. The highest BCUT2D eigenvalue weighted by Gasteiger charge is 2.11. The van der Waals surface area contributed by atoms with Gasteiger partial charge in [0.05, 0.1) is 0 Å². The SMILES string of the molecule is S=C(NCc1ccc(Cl)cc1)Nc1nc(Sc2ncccn2)cc(Sc2ncccn2)n1. The molecule has 0 saturated carbocycles. The lowest BCUT2D eigenvalue weighted by Crippen LogP contribution is -2.28. The van der Waals surface area contributed by atoms with Crippen molar-refractivity contribution in [1.29, 1.82) is 0 Å². The normalized spacial score (nSPS) is 10.5. The van der Waals surface area contributed by atoms with Gasteiger partial charge in [-0.3, -0.25) is 0 Å². The standard InChI is InChI=1S/C20H15ClN8S3/c21-14-5-3-13(4-6-14)12-26-18(30)29-17-27-15(31-19-22-7-1-8-23-19)11-16(28-17)32-20-24-9-2-10-25-20/h1-11H,12H2,(H2,26,27,28,29,30). The molecule has 0 atom stereocenters. The fraction of sp³-hybridized carbons (Fsp3) is 0.0500. The second-order valence-electron chi connectivity index (χ2n) is 6.07. The molecule has 4 aromatic rings. The third kappa shape index (κ3) is 6.82. The van der Waals surface area contributed by atoms with E-state index >= 15 is 0 Å². The smallest absolute Gasteiger partial charge is 0.231 e. The summed E-state index contributed by atoms with van der Waals surface area (Å²) >= 11 is 14.0. The zero-order chi connectivity index (χ0) is 22.2. The van der Waals surface area contributed by atoms with E-state index in [-0.39, 0.29) is 0 Å². The molecule has 0 aliphatic carbocycles. The predicted molar refractivity (Wildman–Crippen MR) is 129 cm³/mol. The Bertz CT molecular complexity index is 1120. The highest BCUT2D eigenvalue weighted by Crippen LogP contribution is 2.29. The van der Waals surface area contributed by atoms with Crippen LogP contribution in [0.1, 0.15) is 5.56 Å². The molecular formula is C20H15ClN8S3. The Morgan fingerprint density at radius 1 is 0.844 bits per heavy atom. The van der Waals surface area contributed by atoms with Gasteiger partial charge in [0, 0.05) is 42.4 Å². The maximum atomic E-state index is 5.93. The van der Waals surface area contributed by atoms with Gasteiger partial charge in [-0.25, -0.2) is 29.9 Å². The molecule has 0 aliphatic rings. The molecular weight excluding hydrogens is 484 g/mol. The maximum absolute atomic E-state index is 5.93. The molecule has 32 heavy (non-hydrogen) atoms. The van der Waals surface area contributed by atoms with Crippen molar-refractivity contribution < 1.29 is 0 Å². The number of nitrogens with one attached hydrogen (secondary N) is 2. The van der Waals surface area contributed by atoms with Crippen LogP contribution in [-0.2, 0) is 6.54 Å². The van der Waals surface area contributed by atoms with Gasteiger partial charge in [0.15, 0.2) is 15.4 Å². The first-order valence-corrected chi connectivity index (χ1v) is 11.6. The third-order valence-electron chi connectivity index (χ3n) is 3.75. The lowest BCUT2D eigenvalue weighted by Gasteiger charge is -2.11. The molecule has 2 N–H and O–H groups in total. The molecule has 0 amide bonds. The van der Waals surface area contributed by atoms with Crippen molar-refractivity contribution in [1.82, 2.24) is 35.2 Å². The Labute approximate surface area is 203 Å². The van der Waals surface area contributed by atoms with Gasteiger partial charge >= 0.3 is 0 Å². The Hall–Kier alpha value is -2.86. The van der Waals surface area contributed by atoms with E-state index in [0.29, 0.717) is 43.0 Å². The van der Waals surface area contributed by atoms with E-state index in [1.54, 1.807) is 36.9 Å². The first-order chi connectivity index (χ1) is 15.6. The van der Waals surface area contributed by atoms with Crippen molar-refractivity contribution in [2.24, 2.45) is 0 Å². The molecule has 1 aromatic carbocycles. The van der Waals surface area contributed by atoms with Crippen LogP contribution in [0.15, 0.2) is 87.6 Å². The van der Waals surface area contributed by atoms with Crippen LogP contribution in [0.4, 0.5) is 5.95 Å². The Balaban J connectivity index is 1.49. The van der Waals surface area contributed by atoms with Gasteiger partial charge in [0.1, 0.15) is 10.1 Å². The number of rotatable bonds is 7. The quantitative estimate of drug-likeness (QED) is 0.214. The van der Waals surface area contributed by atoms with Crippen LogP contribution in [0.5, 0.6) is 0 Å². The minimum Gasteiger partial charge on any atom is -0.358 e. The van der Waals surface area contributed by atoms with Crippen molar-refractivity contribution >= 4 is 58.4 Å². The van der Waals surface area contributed by atoms with E-state index < -0.39 is 0 Å². The average Bonchev–Trinajstić information content (AvgIpc) is 2.80. The van der Waals surface area contributed by atoms with E-state index in [1.807, 2.05) is 30.3 Å². The molecule has 0 saturated heterocycles. The molecule has 3 heterocycles. The van der Waals surface area contributed by atoms with Crippen LogP contribution in [0.3, 0.4) is 0 Å². The molecule has 4 rings (SSSR count). The first-order valence-electron chi connectivity index (χ1n) is 9.22. The third-order valence-corrected chi connectivity index (χ3v) is 5.87. The number of hydrogen-bond acceptors (Lipinski definition) is 9.